The average Bonchev–Trinajstić information content (AvgIpc) is 2.74. The van der Waals surface area contributed by atoms with E-state index < -0.39 is 35.4 Å². The van der Waals surface area contributed by atoms with Crippen LogP contribution in [0, 0.1) is 5.82 Å². The van der Waals surface area contributed by atoms with E-state index in [9.17, 15) is 18.8 Å². The van der Waals surface area contributed by atoms with Crippen LogP contribution in [0.2, 0.25) is 0 Å². The second-order valence-corrected chi connectivity index (χ2v) is 8.07. The Balaban J connectivity index is 2.12. The summed E-state index contributed by atoms with van der Waals surface area (Å²) in [4.78, 5) is 37.4. The van der Waals surface area contributed by atoms with Crippen molar-refractivity contribution in [3.63, 3.8) is 0 Å². The molecule has 1 atom stereocenters. The third kappa shape index (κ3) is 7.67. The maximum absolute atomic E-state index is 14.5. The number of methoxy groups -OCH3 is 1. The van der Waals surface area contributed by atoms with E-state index in [-0.39, 0.29) is 17.7 Å². The van der Waals surface area contributed by atoms with Gasteiger partial charge in [-0.15, -0.1) is 0 Å². The first-order chi connectivity index (χ1) is 15.5. The van der Waals surface area contributed by atoms with Crippen molar-refractivity contribution in [3.05, 3.63) is 53.8 Å². The number of hydrogen-bond acceptors (Lipinski definition) is 6. The monoisotopic (exact) mass is 460 g/mol. The second kappa shape index (κ2) is 11.2. The smallest absolute Gasteiger partial charge is 0.408 e. The maximum atomic E-state index is 14.5. The normalized spacial score (nSPS) is 11.7. The van der Waals surface area contributed by atoms with Crippen LogP contribution in [0.3, 0.4) is 0 Å². The van der Waals surface area contributed by atoms with Crippen molar-refractivity contribution in [3.8, 4) is 5.75 Å². The predicted octanol–water partition coefficient (Wildman–Crippen LogP) is 3.83. The van der Waals surface area contributed by atoms with Gasteiger partial charge in [0.15, 0.2) is 0 Å². The van der Waals surface area contributed by atoms with Crippen molar-refractivity contribution in [1.82, 2.24) is 10.7 Å². The summed E-state index contributed by atoms with van der Waals surface area (Å²) >= 11 is 0. The average molecular weight is 461 g/mol. The van der Waals surface area contributed by atoms with Gasteiger partial charge in [0.1, 0.15) is 28.8 Å². The fourth-order valence-electron chi connectivity index (χ4n) is 2.77. The molecule has 0 fully saturated rings. The Hall–Kier alpha value is -3.82. The summed E-state index contributed by atoms with van der Waals surface area (Å²) in [6.45, 7) is 6.79. The number of ether oxygens (including phenoxy) is 2. The van der Waals surface area contributed by atoms with Gasteiger partial charge in [0.2, 0.25) is 5.91 Å². The molecule has 33 heavy (non-hydrogen) atoms. The molecular formula is C23H29FN4O5. The van der Waals surface area contributed by atoms with Gasteiger partial charge in [0.25, 0.3) is 5.91 Å². The van der Waals surface area contributed by atoms with E-state index in [0.29, 0.717) is 11.4 Å². The maximum Gasteiger partial charge on any atom is 0.408 e. The topological polar surface area (TPSA) is 118 Å². The molecule has 0 aliphatic rings. The van der Waals surface area contributed by atoms with Crippen LogP contribution in [0.15, 0.2) is 42.5 Å². The lowest BCUT2D eigenvalue weighted by atomic mass is 10.1. The summed E-state index contributed by atoms with van der Waals surface area (Å²) in [5, 5.41) is 4.98. The zero-order chi connectivity index (χ0) is 24.6. The number of nitrogens with one attached hydrogen (secondary N) is 4. The molecule has 2 aromatic rings. The number of hydrogen-bond donors (Lipinski definition) is 4. The molecule has 0 spiro atoms. The number of halogens is 1. The highest BCUT2D eigenvalue weighted by Gasteiger charge is 2.25. The number of alkyl carbamates (subject to hydrolysis) is 1. The summed E-state index contributed by atoms with van der Waals surface area (Å²) in [6, 6.07) is 9.67. The number of anilines is 2. The van der Waals surface area contributed by atoms with Gasteiger partial charge in [-0.3, -0.25) is 20.4 Å². The molecule has 1 unspecified atom stereocenters. The molecule has 9 nitrogen and oxygen atoms in total. The van der Waals surface area contributed by atoms with Crippen LogP contribution in [0.1, 0.15) is 44.5 Å². The van der Waals surface area contributed by atoms with Gasteiger partial charge in [-0.2, -0.15) is 0 Å². The number of rotatable bonds is 8. The molecule has 2 aromatic carbocycles. The molecule has 0 aromatic heterocycles. The third-order valence-corrected chi connectivity index (χ3v) is 4.30. The van der Waals surface area contributed by atoms with Gasteiger partial charge in [-0.1, -0.05) is 19.1 Å². The van der Waals surface area contributed by atoms with Crippen LogP contribution < -0.4 is 26.2 Å². The van der Waals surface area contributed by atoms with Gasteiger partial charge in [-0.25, -0.2) is 9.18 Å². The molecule has 3 amide bonds. The quantitative estimate of drug-likeness (QED) is 0.445. The predicted molar refractivity (Wildman–Crippen MR) is 123 cm³/mol. The van der Waals surface area contributed by atoms with Gasteiger partial charge in [0.05, 0.1) is 18.5 Å². The molecule has 178 valence electrons. The molecule has 0 saturated carbocycles. The Bertz CT molecular complexity index is 1010. The van der Waals surface area contributed by atoms with Gasteiger partial charge in [0, 0.05) is 6.07 Å². The van der Waals surface area contributed by atoms with E-state index in [1.165, 1.54) is 19.2 Å². The first-order valence-corrected chi connectivity index (χ1v) is 10.3. The number of carbonyl (C=O) groups is 3. The van der Waals surface area contributed by atoms with Crippen molar-refractivity contribution >= 4 is 29.3 Å². The van der Waals surface area contributed by atoms with E-state index in [2.05, 4.69) is 21.5 Å². The number of benzene rings is 2. The fraction of sp³-hybridized carbons (Fsp3) is 0.348. The lowest BCUT2D eigenvalue weighted by Crippen LogP contribution is -2.45. The largest absolute Gasteiger partial charge is 0.497 e. The standard InChI is InChI=1S/C23H29FN4O5/c1-6-17(26-22(31)33-23(2,3)4)20(29)25-18-12-8-11-16(24)19(18)21(30)28-27-14-9-7-10-15(13-14)32-5/h7-13,17,27H,6H2,1-5H3,(H,25,29)(H,26,31)(H,28,30). The zero-order valence-electron chi connectivity index (χ0n) is 19.2. The van der Waals surface area contributed by atoms with E-state index in [1.807, 2.05) is 0 Å². The van der Waals surface area contributed by atoms with Crippen molar-refractivity contribution in [2.75, 3.05) is 17.9 Å². The lowest BCUT2D eigenvalue weighted by Gasteiger charge is -2.23. The summed E-state index contributed by atoms with van der Waals surface area (Å²) < 4.78 is 24.8. The van der Waals surface area contributed by atoms with Crippen LogP contribution >= 0.6 is 0 Å². The Morgan fingerprint density at radius 3 is 2.42 bits per heavy atom. The molecular weight excluding hydrogens is 431 g/mol. The van der Waals surface area contributed by atoms with Crippen LogP contribution in [0.5, 0.6) is 5.75 Å². The Labute approximate surface area is 192 Å². The lowest BCUT2D eigenvalue weighted by molar-refractivity contribution is -0.118. The third-order valence-electron chi connectivity index (χ3n) is 4.30. The van der Waals surface area contributed by atoms with Crippen LogP contribution in [-0.2, 0) is 9.53 Å². The molecule has 4 N–H and O–H groups in total. The zero-order valence-corrected chi connectivity index (χ0v) is 19.2. The van der Waals surface area contributed by atoms with Crippen LogP contribution in [-0.4, -0.2) is 36.7 Å². The van der Waals surface area contributed by atoms with Gasteiger partial charge >= 0.3 is 6.09 Å². The van der Waals surface area contributed by atoms with Gasteiger partial charge < -0.3 is 20.1 Å². The highest BCUT2D eigenvalue weighted by atomic mass is 19.1. The minimum Gasteiger partial charge on any atom is -0.497 e. The molecule has 0 saturated heterocycles. The Morgan fingerprint density at radius 2 is 1.79 bits per heavy atom. The van der Waals surface area contributed by atoms with Crippen molar-refractivity contribution in [1.29, 1.82) is 0 Å². The minimum atomic E-state index is -0.950. The second-order valence-electron chi connectivity index (χ2n) is 8.07. The molecule has 0 aliphatic heterocycles. The summed E-state index contributed by atoms with van der Waals surface area (Å²) in [7, 11) is 1.51. The van der Waals surface area contributed by atoms with E-state index in [4.69, 9.17) is 9.47 Å². The number of hydrazine groups is 1. The van der Waals surface area contributed by atoms with Crippen LogP contribution in [0.4, 0.5) is 20.6 Å². The van der Waals surface area contributed by atoms with Gasteiger partial charge in [-0.05, 0) is 51.5 Å². The summed E-state index contributed by atoms with van der Waals surface area (Å²) in [6.07, 6.45) is -0.511. The molecule has 0 bridgehead atoms. The summed E-state index contributed by atoms with van der Waals surface area (Å²) in [5.41, 5.74) is 4.43. The van der Waals surface area contributed by atoms with Crippen molar-refractivity contribution in [2.24, 2.45) is 0 Å². The van der Waals surface area contributed by atoms with Crippen molar-refractivity contribution < 1.29 is 28.2 Å². The van der Waals surface area contributed by atoms with Crippen molar-refractivity contribution in [2.45, 2.75) is 45.8 Å². The SMILES string of the molecule is CCC(NC(=O)OC(C)(C)C)C(=O)Nc1cccc(F)c1C(=O)NNc1cccc(OC)c1. The molecule has 0 aliphatic carbocycles. The molecule has 2 rings (SSSR count). The summed E-state index contributed by atoms with van der Waals surface area (Å²) in [5.74, 6) is -1.69. The van der Waals surface area contributed by atoms with E-state index in [1.54, 1.807) is 52.0 Å². The van der Waals surface area contributed by atoms with E-state index in [0.717, 1.165) is 6.07 Å². The highest BCUT2D eigenvalue weighted by Crippen LogP contribution is 2.21. The minimum absolute atomic E-state index is 0.0469. The molecule has 0 heterocycles. The Kier molecular flexibility index (Phi) is 8.61. The number of amides is 3. The first kappa shape index (κ1) is 25.4. The molecule has 10 heteroatoms. The highest BCUT2D eigenvalue weighted by molar-refractivity contribution is 6.05. The number of carbonyl (C=O) groups excluding carboxylic acids is 3. The molecule has 0 radical (unpaired) electrons. The van der Waals surface area contributed by atoms with E-state index >= 15 is 0 Å². The fourth-order valence-corrected chi connectivity index (χ4v) is 2.77. The van der Waals surface area contributed by atoms with Crippen LogP contribution in [0.25, 0.3) is 0 Å². The first-order valence-electron chi connectivity index (χ1n) is 10.3. The Morgan fingerprint density at radius 1 is 1.09 bits per heavy atom.